The molecule has 0 nitrogen and oxygen atoms in total. The standard InChI is InChI=1S/C17H26/c1-3-4-5-6-7-9-12-16(2)15-17-13-10-8-11-14-17/h8,10-11,13-15H,3-7,9,12H2,1-2H3/b16-15-. The fourth-order valence-corrected chi connectivity index (χ4v) is 2.09. The largest absolute Gasteiger partial charge is 0.0727 e. The van der Waals surface area contributed by atoms with Crippen LogP contribution in [-0.4, -0.2) is 0 Å². The normalized spacial score (nSPS) is 11.8. The Hall–Kier alpha value is -1.04. The first-order valence-corrected chi connectivity index (χ1v) is 7.05. The van der Waals surface area contributed by atoms with Crippen molar-refractivity contribution in [1.82, 2.24) is 0 Å². The van der Waals surface area contributed by atoms with Gasteiger partial charge in [-0.25, -0.2) is 0 Å². The zero-order valence-electron chi connectivity index (χ0n) is 11.4. The van der Waals surface area contributed by atoms with Gasteiger partial charge in [0.05, 0.1) is 0 Å². The van der Waals surface area contributed by atoms with Gasteiger partial charge >= 0.3 is 0 Å². The van der Waals surface area contributed by atoms with E-state index in [0.29, 0.717) is 0 Å². The van der Waals surface area contributed by atoms with Crippen LogP contribution < -0.4 is 0 Å². The average Bonchev–Trinajstić information content (AvgIpc) is 2.35. The molecule has 0 saturated heterocycles. The quantitative estimate of drug-likeness (QED) is 0.492. The van der Waals surface area contributed by atoms with E-state index in [1.165, 1.54) is 56.1 Å². The fraction of sp³-hybridized carbons (Fsp3) is 0.529. The second-order valence-corrected chi connectivity index (χ2v) is 4.92. The topological polar surface area (TPSA) is 0 Å². The van der Waals surface area contributed by atoms with Crippen molar-refractivity contribution in [2.75, 3.05) is 0 Å². The first-order valence-electron chi connectivity index (χ1n) is 7.05. The lowest BCUT2D eigenvalue weighted by atomic mass is 10.0. The van der Waals surface area contributed by atoms with Crippen molar-refractivity contribution < 1.29 is 0 Å². The number of unbranched alkanes of at least 4 members (excludes halogenated alkanes) is 5. The van der Waals surface area contributed by atoms with Crippen molar-refractivity contribution in [2.24, 2.45) is 0 Å². The molecule has 0 fully saturated rings. The molecule has 1 aromatic rings. The predicted molar refractivity (Wildman–Crippen MR) is 78.1 cm³/mol. The van der Waals surface area contributed by atoms with Gasteiger partial charge in [0.1, 0.15) is 0 Å². The molecule has 0 bridgehead atoms. The van der Waals surface area contributed by atoms with Crippen LogP contribution in [-0.2, 0) is 0 Å². The molecule has 0 unspecified atom stereocenters. The van der Waals surface area contributed by atoms with Gasteiger partial charge in [0, 0.05) is 0 Å². The lowest BCUT2D eigenvalue weighted by Gasteiger charge is -2.02. The van der Waals surface area contributed by atoms with Gasteiger partial charge in [0.25, 0.3) is 0 Å². The van der Waals surface area contributed by atoms with Crippen molar-refractivity contribution >= 4 is 6.08 Å². The number of benzene rings is 1. The molecule has 0 N–H and O–H groups in total. The second-order valence-electron chi connectivity index (χ2n) is 4.92. The average molecular weight is 230 g/mol. The summed E-state index contributed by atoms with van der Waals surface area (Å²) >= 11 is 0. The van der Waals surface area contributed by atoms with Gasteiger partial charge in [-0.2, -0.15) is 0 Å². The number of allylic oxidation sites excluding steroid dienone is 1. The summed E-state index contributed by atoms with van der Waals surface area (Å²) in [7, 11) is 0. The van der Waals surface area contributed by atoms with Crippen LogP contribution in [0.3, 0.4) is 0 Å². The number of hydrogen-bond donors (Lipinski definition) is 0. The van der Waals surface area contributed by atoms with Gasteiger partial charge < -0.3 is 0 Å². The molecular weight excluding hydrogens is 204 g/mol. The van der Waals surface area contributed by atoms with E-state index in [9.17, 15) is 0 Å². The summed E-state index contributed by atoms with van der Waals surface area (Å²) in [5, 5.41) is 0. The molecule has 0 radical (unpaired) electrons. The van der Waals surface area contributed by atoms with Crippen molar-refractivity contribution in [3.8, 4) is 0 Å². The lowest BCUT2D eigenvalue weighted by Crippen LogP contribution is -1.82. The van der Waals surface area contributed by atoms with Crippen LogP contribution in [0.5, 0.6) is 0 Å². The molecule has 0 aliphatic heterocycles. The highest BCUT2D eigenvalue weighted by Gasteiger charge is 1.93. The lowest BCUT2D eigenvalue weighted by molar-refractivity contribution is 0.607. The third-order valence-corrected chi connectivity index (χ3v) is 3.14. The smallest absolute Gasteiger partial charge is 0.0257 e. The minimum atomic E-state index is 1.25. The summed E-state index contributed by atoms with van der Waals surface area (Å²) in [4.78, 5) is 0. The maximum absolute atomic E-state index is 2.31. The first-order chi connectivity index (χ1) is 8.33. The molecule has 0 amide bonds. The van der Waals surface area contributed by atoms with E-state index in [1.54, 1.807) is 0 Å². The van der Waals surface area contributed by atoms with Crippen LogP contribution >= 0.6 is 0 Å². The van der Waals surface area contributed by atoms with Crippen LogP contribution in [0.25, 0.3) is 6.08 Å². The third-order valence-electron chi connectivity index (χ3n) is 3.14. The third kappa shape index (κ3) is 6.99. The summed E-state index contributed by atoms with van der Waals surface area (Å²) < 4.78 is 0. The van der Waals surface area contributed by atoms with E-state index in [2.05, 4.69) is 50.3 Å². The van der Waals surface area contributed by atoms with E-state index < -0.39 is 0 Å². The molecule has 0 heterocycles. The van der Waals surface area contributed by atoms with Crippen LogP contribution in [0, 0.1) is 0 Å². The van der Waals surface area contributed by atoms with Crippen LogP contribution in [0.1, 0.15) is 64.4 Å². The molecule has 0 aromatic heterocycles. The fourth-order valence-electron chi connectivity index (χ4n) is 2.09. The minimum Gasteiger partial charge on any atom is -0.0727 e. The summed E-state index contributed by atoms with van der Waals surface area (Å²) in [5.74, 6) is 0. The molecule has 1 aromatic carbocycles. The Balaban J connectivity index is 2.17. The highest BCUT2D eigenvalue weighted by atomic mass is 14.0. The molecular formula is C17H26. The van der Waals surface area contributed by atoms with Crippen molar-refractivity contribution in [3.63, 3.8) is 0 Å². The van der Waals surface area contributed by atoms with Crippen LogP contribution in [0.2, 0.25) is 0 Å². The van der Waals surface area contributed by atoms with Crippen LogP contribution in [0.15, 0.2) is 35.9 Å². The monoisotopic (exact) mass is 230 g/mol. The Labute approximate surface area is 107 Å². The second kappa shape index (κ2) is 9.04. The Morgan fingerprint density at radius 1 is 0.941 bits per heavy atom. The Bertz CT molecular complexity index is 308. The van der Waals surface area contributed by atoms with E-state index >= 15 is 0 Å². The Kier molecular flexibility index (Phi) is 7.46. The molecule has 17 heavy (non-hydrogen) atoms. The molecule has 0 saturated carbocycles. The van der Waals surface area contributed by atoms with Gasteiger partial charge in [-0.3, -0.25) is 0 Å². The summed E-state index contributed by atoms with van der Waals surface area (Å²) in [6, 6.07) is 10.6. The highest BCUT2D eigenvalue weighted by molar-refractivity contribution is 5.51. The molecule has 0 aliphatic rings. The van der Waals surface area contributed by atoms with Gasteiger partial charge in [0.2, 0.25) is 0 Å². The molecule has 0 heteroatoms. The van der Waals surface area contributed by atoms with E-state index in [-0.39, 0.29) is 0 Å². The van der Waals surface area contributed by atoms with Gasteiger partial charge in [-0.1, -0.05) is 81.0 Å². The minimum absolute atomic E-state index is 1.25. The van der Waals surface area contributed by atoms with E-state index in [0.717, 1.165) is 0 Å². The zero-order chi connectivity index (χ0) is 12.3. The predicted octanol–water partition coefficient (Wildman–Crippen LogP) is 5.84. The zero-order valence-corrected chi connectivity index (χ0v) is 11.4. The Morgan fingerprint density at radius 2 is 1.59 bits per heavy atom. The van der Waals surface area contributed by atoms with Gasteiger partial charge in [-0.15, -0.1) is 0 Å². The van der Waals surface area contributed by atoms with Crippen molar-refractivity contribution in [1.29, 1.82) is 0 Å². The summed E-state index contributed by atoms with van der Waals surface area (Å²) in [6.45, 7) is 4.52. The molecule has 94 valence electrons. The van der Waals surface area contributed by atoms with Gasteiger partial charge in [0.15, 0.2) is 0 Å². The summed E-state index contributed by atoms with van der Waals surface area (Å²) in [5.41, 5.74) is 2.84. The van der Waals surface area contributed by atoms with Crippen LogP contribution in [0.4, 0.5) is 0 Å². The Morgan fingerprint density at radius 3 is 2.29 bits per heavy atom. The molecule has 0 atom stereocenters. The number of hydrogen-bond acceptors (Lipinski definition) is 0. The molecule has 1 rings (SSSR count). The first kappa shape index (κ1) is 14.0. The number of rotatable bonds is 8. The SMILES string of the molecule is CCCCCCCC/C(C)=C\c1ccccc1. The van der Waals surface area contributed by atoms with E-state index in [1.807, 2.05) is 0 Å². The van der Waals surface area contributed by atoms with Crippen molar-refractivity contribution in [2.45, 2.75) is 58.8 Å². The van der Waals surface area contributed by atoms with Gasteiger partial charge in [-0.05, 0) is 25.3 Å². The summed E-state index contributed by atoms with van der Waals surface area (Å²) in [6.07, 6.45) is 11.9. The van der Waals surface area contributed by atoms with E-state index in [4.69, 9.17) is 0 Å². The molecule has 0 aliphatic carbocycles. The van der Waals surface area contributed by atoms with Crippen molar-refractivity contribution in [3.05, 3.63) is 41.5 Å². The highest BCUT2D eigenvalue weighted by Crippen LogP contribution is 2.14. The molecule has 0 spiro atoms. The maximum Gasteiger partial charge on any atom is -0.0257 e. The maximum atomic E-state index is 2.31.